The highest BCUT2D eigenvalue weighted by Crippen LogP contribution is 2.38. The number of hydrogen-bond acceptors (Lipinski definition) is 3. The van der Waals surface area contributed by atoms with Crippen molar-refractivity contribution in [2.24, 2.45) is 0 Å². The second kappa shape index (κ2) is 8.43. The van der Waals surface area contributed by atoms with Crippen molar-refractivity contribution >= 4 is 11.7 Å². The van der Waals surface area contributed by atoms with Gasteiger partial charge >= 0.3 is 12.6 Å². The highest BCUT2D eigenvalue weighted by Gasteiger charge is 2.44. The number of aromatic nitrogens is 1. The largest absolute Gasteiger partial charge is 0.342 e. The summed E-state index contributed by atoms with van der Waals surface area (Å²) in [6.07, 6.45) is 6.53. The van der Waals surface area contributed by atoms with E-state index < -0.39 is 6.61 Å². The zero-order valence-electron chi connectivity index (χ0n) is 15.1. The van der Waals surface area contributed by atoms with E-state index in [0.717, 1.165) is 35.3 Å². The first-order valence-corrected chi connectivity index (χ1v) is 9.03. The monoisotopic (exact) mass is 375 g/mol. The van der Waals surface area contributed by atoms with Crippen LogP contribution in [0.1, 0.15) is 31.2 Å². The molecule has 1 aromatic carbocycles. The summed E-state index contributed by atoms with van der Waals surface area (Å²) >= 11 is 0. The van der Waals surface area contributed by atoms with Gasteiger partial charge in [0.15, 0.2) is 0 Å². The second-order valence-electron chi connectivity index (χ2n) is 6.83. The van der Waals surface area contributed by atoms with E-state index >= 15 is 0 Å². The van der Waals surface area contributed by atoms with Crippen molar-refractivity contribution in [2.45, 2.75) is 51.3 Å². The number of benzene rings is 1. The van der Waals surface area contributed by atoms with E-state index in [1.807, 2.05) is 41.3 Å². The van der Waals surface area contributed by atoms with E-state index in [4.69, 9.17) is 5.11 Å². The highest BCUT2D eigenvalue weighted by molar-refractivity contribution is 5.91. The lowest BCUT2D eigenvalue weighted by atomic mass is 9.80. The molecule has 27 heavy (non-hydrogen) atoms. The molecule has 0 aliphatic carbocycles. The molecule has 4 rings (SSSR count). The molecule has 0 spiro atoms. The summed E-state index contributed by atoms with van der Waals surface area (Å²) < 4.78 is 19.8. The number of aliphatic hydroxyl groups is 1. The Morgan fingerprint density at radius 2 is 1.96 bits per heavy atom. The van der Waals surface area contributed by atoms with Gasteiger partial charge in [0, 0.05) is 29.5 Å². The first-order chi connectivity index (χ1) is 13.0. The summed E-state index contributed by atoms with van der Waals surface area (Å²) in [6.45, 7) is -1.10. The lowest BCUT2D eigenvalue weighted by Crippen LogP contribution is -2.62. The Hall–Kier alpha value is -2.54. The topological polar surface area (TPSA) is 65.5 Å². The number of carbonyl (C=O) groups excluding carboxylic acids is 1. The quantitative estimate of drug-likeness (QED) is 0.817. The number of aliphatic hydroxyl groups excluding tert-OH is 1. The zero-order valence-corrected chi connectivity index (χ0v) is 15.1. The molecule has 0 saturated carbocycles. The molecule has 2 aliphatic rings. The Morgan fingerprint density at radius 1 is 1.26 bits per heavy atom. The van der Waals surface area contributed by atoms with Gasteiger partial charge in [-0.3, -0.25) is 4.98 Å². The molecule has 0 radical (unpaired) electrons. The number of aryl methyl sites for hydroxylation is 1. The van der Waals surface area contributed by atoms with E-state index in [1.54, 1.807) is 6.20 Å². The number of fused-ring (bicyclic) bond motifs is 2. The van der Waals surface area contributed by atoms with Crippen LogP contribution in [0.15, 0.2) is 42.6 Å². The number of halogens is 2. The lowest BCUT2D eigenvalue weighted by molar-refractivity contribution is -0.0728. The van der Waals surface area contributed by atoms with Crippen LogP contribution in [0.3, 0.4) is 0 Å². The summed E-state index contributed by atoms with van der Waals surface area (Å²) in [5, 5.41) is 9.79. The first-order valence-electron chi connectivity index (χ1n) is 9.03. The Labute approximate surface area is 157 Å². The maximum atomic E-state index is 12.5. The van der Waals surface area contributed by atoms with Gasteiger partial charge in [0.2, 0.25) is 0 Å². The highest BCUT2D eigenvalue weighted by atomic mass is 19.3. The van der Waals surface area contributed by atoms with Crippen molar-refractivity contribution in [1.82, 2.24) is 9.88 Å². The number of hydrogen-bond donors (Lipinski definition) is 2. The van der Waals surface area contributed by atoms with Crippen LogP contribution in [0.4, 0.5) is 19.3 Å². The van der Waals surface area contributed by atoms with Crippen LogP contribution in [0.5, 0.6) is 0 Å². The molecule has 7 heteroatoms. The number of nitrogens with one attached hydrogen (secondary N) is 1. The van der Waals surface area contributed by atoms with E-state index in [1.165, 1.54) is 12.8 Å². The minimum absolute atomic E-state index is 0.0433. The van der Waals surface area contributed by atoms with E-state index in [-0.39, 0.29) is 6.03 Å². The van der Waals surface area contributed by atoms with Crippen molar-refractivity contribution in [3.8, 4) is 11.3 Å². The normalized spacial score (nSPS) is 20.4. The number of piperidine rings is 1. The Kier molecular flexibility index (Phi) is 6.01. The molecular formula is C20H23F2N3O2. The van der Waals surface area contributed by atoms with Gasteiger partial charge < -0.3 is 15.3 Å². The molecule has 2 aliphatic heterocycles. The van der Waals surface area contributed by atoms with Crippen molar-refractivity contribution < 1.29 is 18.7 Å². The van der Waals surface area contributed by atoms with Gasteiger partial charge in [0.1, 0.15) is 0 Å². The third kappa shape index (κ3) is 4.60. The fourth-order valence-electron chi connectivity index (χ4n) is 3.82. The van der Waals surface area contributed by atoms with Crippen molar-refractivity contribution in [3.63, 3.8) is 0 Å². The van der Waals surface area contributed by atoms with Gasteiger partial charge in [-0.1, -0.05) is 12.1 Å². The van der Waals surface area contributed by atoms with Crippen LogP contribution in [-0.2, 0) is 0 Å². The van der Waals surface area contributed by atoms with E-state index in [2.05, 4.69) is 17.2 Å². The molecule has 1 unspecified atom stereocenters. The third-order valence-electron chi connectivity index (χ3n) is 5.07. The van der Waals surface area contributed by atoms with Crippen molar-refractivity contribution in [1.29, 1.82) is 0 Å². The minimum Gasteiger partial charge on any atom is -0.339 e. The molecule has 2 fully saturated rings. The van der Waals surface area contributed by atoms with Gasteiger partial charge in [0.25, 0.3) is 0 Å². The summed E-state index contributed by atoms with van der Waals surface area (Å²) in [6, 6.07) is 12.9. The van der Waals surface area contributed by atoms with Crippen LogP contribution in [0.25, 0.3) is 11.3 Å². The van der Waals surface area contributed by atoms with Gasteiger partial charge in [-0.25, -0.2) is 4.79 Å². The number of pyridine rings is 1. The molecule has 2 amide bonds. The fraction of sp³-hybridized carbons (Fsp3) is 0.400. The maximum Gasteiger partial charge on any atom is 0.342 e. The molecule has 2 aromatic rings. The number of anilines is 1. The van der Waals surface area contributed by atoms with Crippen LogP contribution in [0.2, 0.25) is 0 Å². The number of carbonyl (C=O) groups is 1. The predicted octanol–water partition coefficient (Wildman–Crippen LogP) is 4.42. The average molecular weight is 375 g/mol. The molecule has 5 nitrogen and oxygen atoms in total. The molecule has 1 aromatic heterocycles. The standard InChI is InChI=1S/C19H21N3O.CH2F2O/c1-13-8-9-14(11-17(13)18-7-2-3-10-20-18)21-19(23)22-15-5-4-6-16(22)12-15;2-1(3)4/h2-3,7-11,15-16H,4-6,12H2,1H3,(H,21,23);1,4H/t15-,16?;/m1./s1. The van der Waals surface area contributed by atoms with Crippen LogP contribution >= 0.6 is 0 Å². The lowest BCUT2D eigenvalue weighted by Gasteiger charge is -2.52. The molecule has 2 atom stereocenters. The zero-order chi connectivity index (χ0) is 19.4. The number of amides is 2. The Bertz CT molecular complexity index is 769. The molecule has 2 N–H and O–H groups in total. The smallest absolute Gasteiger partial charge is 0.339 e. The first kappa shape index (κ1) is 19.2. The minimum atomic E-state index is -3.17. The number of urea groups is 1. The molecule has 144 valence electrons. The van der Waals surface area contributed by atoms with Crippen LogP contribution in [-0.4, -0.2) is 39.7 Å². The summed E-state index contributed by atoms with van der Waals surface area (Å²) in [5.41, 5.74) is 3.99. The van der Waals surface area contributed by atoms with Gasteiger partial charge in [0.05, 0.1) is 5.69 Å². The SMILES string of the molecule is Cc1ccc(NC(=O)N2C3CCC[C@@H]2C3)cc1-c1ccccn1.OC(F)F. The van der Waals surface area contributed by atoms with Crippen molar-refractivity contribution in [2.75, 3.05) is 5.32 Å². The van der Waals surface area contributed by atoms with Gasteiger partial charge in [-0.15, -0.1) is 0 Å². The number of rotatable bonds is 2. The van der Waals surface area contributed by atoms with Gasteiger partial charge in [-0.05, 0) is 62.4 Å². The summed E-state index contributed by atoms with van der Waals surface area (Å²) in [4.78, 5) is 19.0. The molecular weight excluding hydrogens is 352 g/mol. The van der Waals surface area contributed by atoms with Crippen LogP contribution < -0.4 is 5.32 Å². The summed E-state index contributed by atoms with van der Waals surface area (Å²) in [5.74, 6) is 0. The second-order valence-corrected chi connectivity index (χ2v) is 6.83. The van der Waals surface area contributed by atoms with Gasteiger partial charge in [-0.2, -0.15) is 8.78 Å². The fourth-order valence-corrected chi connectivity index (χ4v) is 3.82. The van der Waals surface area contributed by atoms with E-state index in [9.17, 15) is 13.6 Å². The molecule has 3 heterocycles. The number of nitrogens with zero attached hydrogens (tertiary/aromatic N) is 2. The van der Waals surface area contributed by atoms with Crippen LogP contribution in [0, 0.1) is 6.92 Å². The average Bonchev–Trinajstić information content (AvgIpc) is 2.64. The summed E-state index contributed by atoms with van der Waals surface area (Å²) in [7, 11) is 0. The maximum absolute atomic E-state index is 12.5. The third-order valence-corrected chi connectivity index (χ3v) is 5.07. The Morgan fingerprint density at radius 3 is 2.56 bits per heavy atom. The number of alkyl halides is 2. The van der Waals surface area contributed by atoms with Crippen molar-refractivity contribution in [3.05, 3.63) is 48.2 Å². The molecule has 2 saturated heterocycles. The predicted molar refractivity (Wildman–Crippen MR) is 99.5 cm³/mol. The molecule has 2 bridgehead atoms. The van der Waals surface area contributed by atoms with E-state index in [0.29, 0.717) is 12.1 Å². The Balaban J connectivity index is 0.000000481.